The standard InChI is InChI=1S/C27H35N3O5S/c1-28(24(20-7-3-2-4-8-20)19-29-16-13-22(31)18-29)27(32)26-11-9-21-17-23(10-12-25(21)35-26)36(33,34)30-14-5-6-15-30/h2-4,7-8,10,12,17,22,24,26,31H,5-6,9,11,13-16,18-19H2,1H3/t22-,24+,26-/m0/s1. The molecule has 2 aromatic carbocycles. The lowest BCUT2D eigenvalue weighted by atomic mass is 10.00. The molecule has 0 aliphatic carbocycles. The molecular formula is C27H35N3O5S. The number of aryl methyl sites for hydroxylation is 1. The molecule has 1 N–H and O–H groups in total. The van der Waals surface area contributed by atoms with Crippen molar-refractivity contribution in [3.8, 4) is 5.75 Å². The lowest BCUT2D eigenvalue weighted by molar-refractivity contribution is -0.140. The largest absolute Gasteiger partial charge is 0.480 e. The van der Waals surface area contributed by atoms with Gasteiger partial charge < -0.3 is 14.7 Å². The highest BCUT2D eigenvalue weighted by Gasteiger charge is 2.35. The van der Waals surface area contributed by atoms with Crippen molar-refractivity contribution in [2.24, 2.45) is 0 Å². The van der Waals surface area contributed by atoms with Crippen molar-refractivity contribution in [3.63, 3.8) is 0 Å². The summed E-state index contributed by atoms with van der Waals surface area (Å²) in [5, 5.41) is 9.98. The number of fused-ring (bicyclic) bond motifs is 1. The van der Waals surface area contributed by atoms with Gasteiger partial charge in [-0.1, -0.05) is 30.3 Å². The highest BCUT2D eigenvalue weighted by Crippen LogP contribution is 2.33. The van der Waals surface area contributed by atoms with Gasteiger partial charge in [-0.15, -0.1) is 0 Å². The number of nitrogens with zero attached hydrogens (tertiary/aromatic N) is 3. The van der Waals surface area contributed by atoms with Crippen LogP contribution in [0.5, 0.6) is 5.75 Å². The SMILES string of the molecule is CN(C(=O)[C@@H]1CCc2cc(S(=O)(=O)N3CCCC3)ccc2O1)[C@H](CN1CC[C@H](O)C1)c1ccccc1. The van der Waals surface area contributed by atoms with E-state index in [4.69, 9.17) is 4.74 Å². The molecule has 0 spiro atoms. The number of hydrogen-bond donors (Lipinski definition) is 1. The van der Waals surface area contributed by atoms with E-state index in [2.05, 4.69) is 4.90 Å². The monoisotopic (exact) mass is 513 g/mol. The molecule has 2 fully saturated rings. The summed E-state index contributed by atoms with van der Waals surface area (Å²) in [6.45, 7) is 3.20. The van der Waals surface area contributed by atoms with Crippen LogP contribution in [-0.2, 0) is 21.2 Å². The zero-order chi connectivity index (χ0) is 25.3. The zero-order valence-corrected chi connectivity index (χ0v) is 21.6. The third-order valence-electron chi connectivity index (χ3n) is 7.63. The number of aliphatic hydroxyl groups is 1. The van der Waals surface area contributed by atoms with Gasteiger partial charge in [0, 0.05) is 39.8 Å². The predicted molar refractivity (Wildman–Crippen MR) is 136 cm³/mol. The van der Waals surface area contributed by atoms with Gasteiger partial charge in [0.2, 0.25) is 10.0 Å². The van der Waals surface area contributed by atoms with Crippen molar-refractivity contribution in [2.75, 3.05) is 39.8 Å². The topological polar surface area (TPSA) is 90.4 Å². The number of sulfonamides is 1. The third-order valence-corrected chi connectivity index (χ3v) is 9.53. The van der Waals surface area contributed by atoms with Crippen LogP contribution in [-0.4, -0.2) is 85.5 Å². The molecule has 0 aromatic heterocycles. The quantitative estimate of drug-likeness (QED) is 0.612. The van der Waals surface area contributed by atoms with Crippen LogP contribution in [0.2, 0.25) is 0 Å². The number of rotatable bonds is 7. The van der Waals surface area contributed by atoms with E-state index < -0.39 is 16.1 Å². The number of ether oxygens (including phenoxy) is 1. The first-order valence-electron chi connectivity index (χ1n) is 12.8. The predicted octanol–water partition coefficient (Wildman–Crippen LogP) is 2.43. The lowest BCUT2D eigenvalue weighted by Gasteiger charge is -2.35. The summed E-state index contributed by atoms with van der Waals surface area (Å²) in [6.07, 6.45) is 2.67. The van der Waals surface area contributed by atoms with Crippen molar-refractivity contribution in [2.45, 2.75) is 55.2 Å². The number of likely N-dealkylation sites (tertiary alicyclic amines) is 1. The molecule has 0 unspecified atom stereocenters. The van der Waals surface area contributed by atoms with Crippen molar-refractivity contribution in [1.82, 2.24) is 14.1 Å². The summed E-state index contributed by atoms with van der Waals surface area (Å²) in [5.41, 5.74) is 1.87. The average molecular weight is 514 g/mol. The van der Waals surface area contributed by atoms with Crippen molar-refractivity contribution in [3.05, 3.63) is 59.7 Å². The van der Waals surface area contributed by atoms with Gasteiger partial charge in [0.15, 0.2) is 6.10 Å². The van der Waals surface area contributed by atoms with Gasteiger partial charge >= 0.3 is 0 Å². The van der Waals surface area contributed by atoms with Gasteiger partial charge in [0.1, 0.15) is 5.75 Å². The fourth-order valence-corrected chi connectivity index (χ4v) is 7.08. The minimum Gasteiger partial charge on any atom is -0.480 e. The van der Waals surface area contributed by atoms with Crippen molar-refractivity contribution in [1.29, 1.82) is 0 Å². The second-order valence-electron chi connectivity index (χ2n) is 10.1. The molecule has 36 heavy (non-hydrogen) atoms. The van der Waals surface area contributed by atoms with E-state index in [1.165, 1.54) is 0 Å². The van der Waals surface area contributed by atoms with E-state index in [1.54, 1.807) is 27.4 Å². The maximum Gasteiger partial charge on any atom is 0.263 e. The van der Waals surface area contributed by atoms with E-state index in [-0.39, 0.29) is 18.1 Å². The van der Waals surface area contributed by atoms with Crippen LogP contribution in [0.3, 0.4) is 0 Å². The Morgan fingerprint density at radius 3 is 2.56 bits per heavy atom. The summed E-state index contributed by atoms with van der Waals surface area (Å²) >= 11 is 0. The van der Waals surface area contributed by atoms with Crippen molar-refractivity contribution >= 4 is 15.9 Å². The number of carbonyl (C=O) groups is 1. The van der Waals surface area contributed by atoms with E-state index in [1.807, 2.05) is 37.4 Å². The Hall–Kier alpha value is -2.46. The molecular weight excluding hydrogens is 478 g/mol. The van der Waals surface area contributed by atoms with Crippen LogP contribution in [0.1, 0.15) is 42.9 Å². The number of aliphatic hydroxyl groups excluding tert-OH is 1. The molecule has 3 aliphatic rings. The molecule has 8 nitrogen and oxygen atoms in total. The summed E-state index contributed by atoms with van der Waals surface area (Å²) in [6, 6.07) is 14.8. The number of hydrogen-bond acceptors (Lipinski definition) is 6. The number of carbonyl (C=O) groups excluding carboxylic acids is 1. The molecule has 3 heterocycles. The molecule has 0 bridgehead atoms. The van der Waals surface area contributed by atoms with Gasteiger partial charge in [-0.05, 0) is 61.4 Å². The van der Waals surface area contributed by atoms with Gasteiger partial charge in [-0.25, -0.2) is 8.42 Å². The number of β-amino-alcohol motifs (C(OH)–C–C–N with tert-alkyl or cyclic N) is 1. The molecule has 0 radical (unpaired) electrons. The van der Waals surface area contributed by atoms with Crippen LogP contribution in [0, 0.1) is 0 Å². The summed E-state index contributed by atoms with van der Waals surface area (Å²) in [4.78, 5) is 17.9. The normalized spacial score (nSPS) is 23.7. The van der Waals surface area contributed by atoms with Crippen molar-refractivity contribution < 1.29 is 23.1 Å². The maximum atomic E-state index is 13.6. The Morgan fingerprint density at radius 2 is 1.86 bits per heavy atom. The first-order valence-corrected chi connectivity index (χ1v) is 14.3. The average Bonchev–Trinajstić information content (AvgIpc) is 3.59. The van der Waals surface area contributed by atoms with Crippen LogP contribution in [0.25, 0.3) is 0 Å². The molecule has 9 heteroatoms. The van der Waals surface area contributed by atoms with E-state index in [0.29, 0.717) is 49.7 Å². The highest BCUT2D eigenvalue weighted by molar-refractivity contribution is 7.89. The number of benzene rings is 2. The minimum absolute atomic E-state index is 0.0944. The maximum absolute atomic E-state index is 13.6. The summed E-state index contributed by atoms with van der Waals surface area (Å²) < 4.78 is 33.6. The van der Waals surface area contributed by atoms with E-state index in [0.717, 1.165) is 36.9 Å². The summed E-state index contributed by atoms with van der Waals surface area (Å²) in [5.74, 6) is 0.482. The zero-order valence-electron chi connectivity index (χ0n) is 20.8. The van der Waals surface area contributed by atoms with E-state index in [9.17, 15) is 18.3 Å². The molecule has 2 aromatic rings. The molecule has 3 atom stereocenters. The minimum atomic E-state index is -3.49. The smallest absolute Gasteiger partial charge is 0.263 e. The second kappa shape index (κ2) is 10.5. The van der Waals surface area contributed by atoms with Gasteiger partial charge in [0.25, 0.3) is 5.91 Å². The Morgan fingerprint density at radius 1 is 1.11 bits per heavy atom. The highest BCUT2D eigenvalue weighted by atomic mass is 32.2. The molecule has 1 amide bonds. The van der Waals surface area contributed by atoms with Crippen LogP contribution >= 0.6 is 0 Å². The molecule has 2 saturated heterocycles. The van der Waals surface area contributed by atoms with Gasteiger partial charge in [0.05, 0.1) is 17.0 Å². The fourth-order valence-electron chi connectivity index (χ4n) is 5.51. The fraction of sp³-hybridized carbons (Fsp3) is 0.519. The number of likely N-dealkylation sites (N-methyl/N-ethyl adjacent to an activating group) is 1. The Labute approximate surface area is 213 Å². The molecule has 0 saturated carbocycles. The lowest BCUT2D eigenvalue weighted by Crippen LogP contribution is -2.46. The number of amides is 1. The first kappa shape index (κ1) is 25.2. The first-order chi connectivity index (χ1) is 17.3. The molecule has 194 valence electrons. The second-order valence-corrected chi connectivity index (χ2v) is 12.0. The third kappa shape index (κ3) is 5.16. The van der Waals surface area contributed by atoms with Gasteiger partial charge in [-0.2, -0.15) is 4.31 Å². The van der Waals surface area contributed by atoms with Crippen LogP contribution in [0.15, 0.2) is 53.4 Å². The van der Waals surface area contributed by atoms with Crippen LogP contribution < -0.4 is 4.74 Å². The summed E-state index contributed by atoms with van der Waals surface area (Å²) in [7, 11) is -1.68. The Bertz CT molecular complexity index is 1180. The molecule has 5 rings (SSSR count). The Kier molecular flexibility index (Phi) is 7.35. The van der Waals surface area contributed by atoms with Gasteiger partial charge in [-0.3, -0.25) is 9.69 Å². The Balaban J connectivity index is 1.31. The molecule has 3 aliphatic heterocycles. The van der Waals surface area contributed by atoms with E-state index >= 15 is 0 Å². The van der Waals surface area contributed by atoms with Crippen LogP contribution in [0.4, 0.5) is 0 Å².